The monoisotopic (exact) mass is 265 g/mol. The second kappa shape index (κ2) is 3.82. The van der Waals surface area contributed by atoms with Gasteiger partial charge in [-0.05, 0) is 46.3 Å². The predicted molar refractivity (Wildman–Crippen MR) is 67.3 cm³/mol. The predicted octanol–water partition coefficient (Wildman–Crippen LogP) is 4.15. The molecule has 80 valence electrons. The Bertz CT molecular complexity index is 369. The molecule has 0 radical (unpaired) electrons. The normalized spacial score (nSPS) is 25.3. The molecule has 1 saturated carbocycles. The molecule has 2 aliphatic rings. The van der Waals surface area contributed by atoms with Crippen LogP contribution >= 0.6 is 15.9 Å². The van der Waals surface area contributed by atoms with Crippen molar-refractivity contribution in [2.24, 2.45) is 5.92 Å². The summed E-state index contributed by atoms with van der Waals surface area (Å²) in [6.45, 7) is 1.14. The molecule has 3 rings (SSSR count). The maximum Gasteiger partial charge on any atom is 0.0521 e. The highest BCUT2D eigenvalue weighted by Gasteiger charge is 2.32. The first-order chi connectivity index (χ1) is 7.36. The van der Waals surface area contributed by atoms with E-state index in [1.807, 2.05) is 0 Å². The van der Waals surface area contributed by atoms with Crippen LogP contribution in [0.3, 0.4) is 0 Å². The van der Waals surface area contributed by atoms with E-state index in [9.17, 15) is 0 Å². The molecule has 0 saturated heterocycles. The van der Waals surface area contributed by atoms with Crippen molar-refractivity contribution in [1.82, 2.24) is 0 Å². The summed E-state index contributed by atoms with van der Waals surface area (Å²) in [6, 6.07) is 6.59. The summed E-state index contributed by atoms with van der Waals surface area (Å²) in [5, 5.41) is 3.55. The van der Waals surface area contributed by atoms with Crippen molar-refractivity contribution in [3.63, 3.8) is 0 Å². The van der Waals surface area contributed by atoms with Crippen molar-refractivity contribution in [2.75, 3.05) is 11.9 Å². The van der Waals surface area contributed by atoms with E-state index in [1.54, 1.807) is 0 Å². The van der Waals surface area contributed by atoms with Gasteiger partial charge in [0.2, 0.25) is 0 Å². The van der Waals surface area contributed by atoms with Gasteiger partial charge in [0.15, 0.2) is 0 Å². The molecule has 0 bridgehead atoms. The standard InChI is InChI=1S/C13H16BrN/c14-12-7-3-6-10-11(8-15-13(10)12)9-4-1-2-5-9/h3,6-7,9,11,15H,1-2,4-5,8H2. The smallest absolute Gasteiger partial charge is 0.0521 e. The molecule has 0 spiro atoms. The summed E-state index contributed by atoms with van der Waals surface area (Å²) in [4.78, 5) is 0. The van der Waals surface area contributed by atoms with Gasteiger partial charge in [-0.2, -0.15) is 0 Å². The maximum absolute atomic E-state index is 3.62. The molecule has 1 heterocycles. The highest BCUT2D eigenvalue weighted by atomic mass is 79.9. The van der Waals surface area contributed by atoms with Crippen molar-refractivity contribution in [3.8, 4) is 0 Å². The van der Waals surface area contributed by atoms with Crippen molar-refractivity contribution in [3.05, 3.63) is 28.2 Å². The number of hydrogen-bond acceptors (Lipinski definition) is 1. The molecule has 1 fully saturated rings. The first-order valence-corrected chi connectivity index (χ1v) is 6.68. The fourth-order valence-electron chi connectivity index (χ4n) is 3.14. The zero-order valence-corrected chi connectivity index (χ0v) is 10.4. The molecular weight excluding hydrogens is 250 g/mol. The molecule has 1 aliphatic heterocycles. The van der Waals surface area contributed by atoms with Crippen LogP contribution in [-0.4, -0.2) is 6.54 Å². The lowest BCUT2D eigenvalue weighted by molar-refractivity contribution is 0.460. The number of halogens is 1. The minimum Gasteiger partial charge on any atom is -0.383 e. The number of para-hydroxylation sites is 1. The van der Waals surface area contributed by atoms with E-state index in [0.29, 0.717) is 0 Å². The first kappa shape index (κ1) is 9.71. The number of hydrogen-bond donors (Lipinski definition) is 1. The van der Waals surface area contributed by atoms with E-state index in [-0.39, 0.29) is 0 Å². The highest BCUT2D eigenvalue weighted by molar-refractivity contribution is 9.10. The van der Waals surface area contributed by atoms with Crippen molar-refractivity contribution < 1.29 is 0 Å². The number of fused-ring (bicyclic) bond motifs is 1. The number of nitrogens with one attached hydrogen (secondary N) is 1. The number of anilines is 1. The third kappa shape index (κ3) is 1.59. The summed E-state index contributed by atoms with van der Waals surface area (Å²) < 4.78 is 1.22. The van der Waals surface area contributed by atoms with Gasteiger partial charge < -0.3 is 5.32 Å². The van der Waals surface area contributed by atoms with Gasteiger partial charge in [0.1, 0.15) is 0 Å². The summed E-state index contributed by atoms with van der Waals surface area (Å²) in [5.41, 5.74) is 2.88. The van der Waals surface area contributed by atoms with Gasteiger partial charge in [0.05, 0.1) is 5.69 Å². The lowest BCUT2D eigenvalue weighted by Gasteiger charge is -2.17. The van der Waals surface area contributed by atoms with Gasteiger partial charge in [-0.15, -0.1) is 0 Å². The van der Waals surface area contributed by atoms with Gasteiger partial charge in [-0.1, -0.05) is 25.0 Å². The Morgan fingerprint density at radius 3 is 2.80 bits per heavy atom. The van der Waals surface area contributed by atoms with E-state index in [1.165, 1.54) is 41.4 Å². The van der Waals surface area contributed by atoms with Crippen molar-refractivity contribution in [1.29, 1.82) is 0 Å². The molecule has 1 aromatic rings. The molecular formula is C13H16BrN. The second-order valence-electron chi connectivity index (χ2n) is 4.74. The average molecular weight is 266 g/mol. The van der Waals surface area contributed by atoms with Crippen LogP contribution in [0.2, 0.25) is 0 Å². The van der Waals surface area contributed by atoms with Crippen LogP contribution in [0.5, 0.6) is 0 Å². The molecule has 1 nitrogen and oxygen atoms in total. The average Bonchev–Trinajstić information content (AvgIpc) is 2.85. The van der Waals surface area contributed by atoms with Gasteiger partial charge >= 0.3 is 0 Å². The van der Waals surface area contributed by atoms with Gasteiger partial charge in [0, 0.05) is 16.9 Å². The Kier molecular flexibility index (Phi) is 2.47. The van der Waals surface area contributed by atoms with E-state index < -0.39 is 0 Å². The fraction of sp³-hybridized carbons (Fsp3) is 0.538. The Hall–Kier alpha value is -0.500. The number of rotatable bonds is 1. The van der Waals surface area contributed by atoms with E-state index in [0.717, 1.165) is 18.4 Å². The molecule has 1 N–H and O–H groups in total. The first-order valence-electron chi connectivity index (χ1n) is 5.88. The minimum atomic E-state index is 0.764. The molecule has 1 atom stereocenters. The van der Waals surface area contributed by atoms with E-state index >= 15 is 0 Å². The summed E-state index contributed by atoms with van der Waals surface area (Å²) in [7, 11) is 0. The van der Waals surface area contributed by atoms with Crippen LogP contribution in [0.15, 0.2) is 22.7 Å². The lowest BCUT2D eigenvalue weighted by atomic mass is 9.86. The molecule has 1 aromatic carbocycles. The fourth-order valence-corrected chi connectivity index (χ4v) is 3.66. The Labute approximate surface area is 99.4 Å². The summed E-state index contributed by atoms with van der Waals surface area (Å²) in [6.07, 6.45) is 5.73. The molecule has 1 unspecified atom stereocenters. The second-order valence-corrected chi connectivity index (χ2v) is 5.59. The minimum absolute atomic E-state index is 0.764. The topological polar surface area (TPSA) is 12.0 Å². The SMILES string of the molecule is Brc1cccc2c1NCC2C1CCCC1. The molecule has 15 heavy (non-hydrogen) atoms. The van der Waals surface area contributed by atoms with Crippen molar-refractivity contribution in [2.45, 2.75) is 31.6 Å². The Morgan fingerprint density at radius 1 is 1.20 bits per heavy atom. The van der Waals surface area contributed by atoms with Crippen LogP contribution in [0, 0.1) is 5.92 Å². The molecule has 2 heteroatoms. The molecule has 1 aliphatic carbocycles. The molecule has 0 aromatic heterocycles. The third-order valence-electron chi connectivity index (χ3n) is 3.91. The van der Waals surface area contributed by atoms with Crippen molar-refractivity contribution >= 4 is 21.6 Å². The quantitative estimate of drug-likeness (QED) is 0.805. The van der Waals surface area contributed by atoms with Gasteiger partial charge in [-0.3, -0.25) is 0 Å². The third-order valence-corrected chi connectivity index (χ3v) is 4.57. The Balaban J connectivity index is 1.94. The van der Waals surface area contributed by atoms with Crippen LogP contribution in [0.1, 0.15) is 37.2 Å². The summed E-state index contributed by atoms with van der Waals surface area (Å²) >= 11 is 3.62. The zero-order valence-electron chi connectivity index (χ0n) is 8.80. The lowest BCUT2D eigenvalue weighted by Crippen LogP contribution is -2.11. The van der Waals surface area contributed by atoms with Gasteiger partial charge in [-0.25, -0.2) is 0 Å². The van der Waals surface area contributed by atoms with E-state index in [4.69, 9.17) is 0 Å². The largest absolute Gasteiger partial charge is 0.383 e. The van der Waals surface area contributed by atoms with E-state index in [2.05, 4.69) is 39.4 Å². The van der Waals surface area contributed by atoms with Crippen LogP contribution < -0.4 is 5.32 Å². The van der Waals surface area contributed by atoms with Crippen LogP contribution in [0.25, 0.3) is 0 Å². The number of benzene rings is 1. The maximum atomic E-state index is 3.62. The van der Waals surface area contributed by atoms with Crippen LogP contribution in [0.4, 0.5) is 5.69 Å². The highest BCUT2D eigenvalue weighted by Crippen LogP contribution is 2.45. The Morgan fingerprint density at radius 2 is 2.00 bits per heavy atom. The van der Waals surface area contributed by atoms with Gasteiger partial charge in [0.25, 0.3) is 0 Å². The summed E-state index contributed by atoms with van der Waals surface area (Å²) in [5.74, 6) is 1.69. The van der Waals surface area contributed by atoms with Crippen LogP contribution in [-0.2, 0) is 0 Å². The molecule has 0 amide bonds. The zero-order chi connectivity index (χ0) is 10.3.